The average molecular weight is 280 g/mol. The van der Waals surface area contributed by atoms with Crippen molar-refractivity contribution < 1.29 is 19.4 Å². The number of benzene rings is 1. The predicted molar refractivity (Wildman–Crippen MR) is 76.1 cm³/mol. The summed E-state index contributed by atoms with van der Waals surface area (Å²) in [6, 6.07) is 6.93. The molecule has 1 amide bonds. The lowest BCUT2D eigenvalue weighted by Crippen LogP contribution is -2.42. The summed E-state index contributed by atoms with van der Waals surface area (Å²) in [6.45, 7) is 3.47. The predicted octanol–water partition coefficient (Wildman–Crippen LogP) is 1.11. The molecule has 0 aromatic heterocycles. The second kappa shape index (κ2) is 7.37. The molecule has 0 bridgehead atoms. The van der Waals surface area contributed by atoms with Gasteiger partial charge in [0.05, 0.1) is 13.7 Å². The van der Waals surface area contributed by atoms with Crippen LogP contribution in [0.15, 0.2) is 24.3 Å². The SMILES string of the molecule is COc1ccc(N(CC(=O)O)CC(=O)NC(C)C)cc1. The van der Waals surface area contributed by atoms with E-state index in [4.69, 9.17) is 9.84 Å². The first-order chi connectivity index (χ1) is 9.42. The van der Waals surface area contributed by atoms with Crippen molar-refractivity contribution in [1.29, 1.82) is 0 Å². The van der Waals surface area contributed by atoms with Gasteiger partial charge in [-0.25, -0.2) is 0 Å². The highest BCUT2D eigenvalue weighted by Gasteiger charge is 2.15. The summed E-state index contributed by atoms with van der Waals surface area (Å²) in [6.07, 6.45) is 0. The number of carbonyl (C=O) groups is 2. The van der Waals surface area contributed by atoms with Crippen LogP contribution in [0.4, 0.5) is 5.69 Å². The van der Waals surface area contributed by atoms with Crippen molar-refractivity contribution >= 4 is 17.6 Å². The zero-order valence-electron chi connectivity index (χ0n) is 11.9. The van der Waals surface area contributed by atoms with E-state index in [2.05, 4.69) is 5.32 Å². The van der Waals surface area contributed by atoms with Gasteiger partial charge in [0.1, 0.15) is 12.3 Å². The topological polar surface area (TPSA) is 78.9 Å². The van der Waals surface area contributed by atoms with Gasteiger partial charge in [-0.3, -0.25) is 9.59 Å². The molecule has 1 aromatic carbocycles. The van der Waals surface area contributed by atoms with Crippen LogP contribution in [0.2, 0.25) is 0 Å². The Labute approximate surface area is 118 Å². The Morgan fingerprint density at radius 2 is 1.85 bits per heavy atom. The lowest BCUT2D eigenvalue weighted by atomic mass is 10.2. The van der Waals surface area contributed by atoms with Gasteiger partial charge in [0.2, 0.25) is 5.91 Å². The molecule has 0 fully saturated rings. The van der Waals surface area contributed by atoms with Gasteiger partial charge < -0.3 is 20.1 Å². The van der Waals surface area contributed by atoms with Crippen LogP contribution < -0.4 is 15.0 Å². The van der Waals surface area contributed by atoms with Gasteiger partial charge >= 0.3 is 5.97 Å². The molecule has 0 aliphatic carbocycles. The summed E-state index contributed by atoms with van der Waals surface area (Å²) < 4.78 is 5.05. The molecule has 0 radical (unpaired) electrons. The van der Waals surface area contributed by atoms with Gasteiger partial charge in [-0.1, -0.05) is 0 Å². The standard InChI is InChI=1S/C14H20N2O4/c1-10(2)15-13(17)8-16(9-14(18)19)11-4-6-12(20-3)7-5-11/h4-7,10H,8-9H2,1-3H3,(H,15,17)(H,18,19). The summed E-state index contributed by atoms with van der Waals surface area (Å²) in [5.41, 5.74) is 0.659. The van der Waals surface area contributed by atoms with Crippen LogP contribution >= 0.6 is 0 Å². The molecule has 0 aliphatic rings. The molecule has 0 heterocycles. The summed E-state index contributed by atoms with van der Waals surface area (Å²) in [7, 11) is 1.56. The molecule has 110 valence electrons. The van der Waals surface area contributed by atoms with Crippen molar-refractivity contribution in [3.05, 3.63) is 24.3 Å². The van der Waals surface area contributed by atoms with Crippen LogP contribution in [0.25, 0.3) is 0 Å². The smallest absolute Gasteiger partial charge is 0.323 e. The van der Waals surface area contributed by atoms with Crippen molar-refractivity contribution in [3.63, 3.8) is 0 Å². The molecule has 6 heteroatoms. The molecular formula is C14H20N2O4. The van der Waals surface area contributed by atoms with E-state index in [9.17, 15) is 9.59 Å². The fourth-order valence-corrected chi connectivity index (χ4v) is 1.74. The summed E-state index contributed by atoms with van der Waals surface area (Å²) >= 11 is 0. The van der Waals surface area contributed by atoms with Gasteiger partial charge in [0, 0.05) is 11.7 Å². The molecule has 1 rings (SSSR count). The van der Waals surface area contributed by atoms with Crippen LogP contribution in [-0.4, -0.2) is 43.2 Å². The number of ether oxygens (including phenoxy) is 1. The number of aliphatic carboxylic acids is 1. The lowest BCUT2D eigenvalue weighted by Gasteiger charge is -2.23. The number of carbonyl (C=O) groups excluding carboxylic acids is 1. The number of hydrogen-bond donors (Lipinski definition) is 2. The van der Waals surface area contributed by atoms with Gasteiger partial charge in [0.15, 0.2) is 0 Å². The van der Waals surface area contributed by atoms with Crippen molar-refractivity contribution in [2.75, 3.05) is 25.1 Å². The van der Waals surface area contributed by atoms with E-state index in [1.54, 1.807) is 31.4 Å². The lowest BCUT2D eigenvalue weighted by molar-refractivity contribution is -0.135. The molecule has 0 saturated heterocycles. The first kappa shape index (κ1) is 15.8. The van der Waals surface area contributed by atoms with Gasteiger partial charge in [-0.15, -0.1) is 0 Å². The van der Waals surface area contributed by atoms with E-state index >= 15 is 0 Å². The maximum Gasteiger partial charge on any atom is 0.323 e. The van der Waals surface area contributed by atoms with Crippen molar-refractivity contribution in [3.8, 4) is 5.75 Å². The Kier molecular flexibility index (Phi) is 5.83. The molecule has 20 heavy (non-hydrogen) atoms. The normalized spacial score (nSPS) is 10.2. The highest BCUT2D eigenvalue weighted by Crippen LogP contribution is 2.18. The Bertz CT molecular complexity index is 457. The van der Waals surface area contributed by atoms with Crippen molar-refractivity contribution in [2.45, 2.75) is 19.9 Å². The van der Waals surface area contributed by atoms with E-state index in [0.717, 1.165) is 0 Å². The molecular weight excluding hydrogens is 260 g/mol. The molecule has 2 N–H and O–H groups in total. The Hall–Kier alpha value is -2.24. The minimum Gasteiger partial charge on any atom is -0.497 e. The average Bonchev–Trinajstić information content (AvgIpc) is 2.36. The fourth-order valence-electron chi connectivity index (χ4n) is 1.74. The number of methoxy groups -OCH3 is 1. The minimum atomic E-state index is -0.988. The molecule has 0 spiro atoms. The third-order valence-electron chi connectivity index (χ3n) is 2.55. The molecule has 0 atom stereocenters. The number of hydrogen-bond acceptors (Lipinski definition) is 4. The summed E-state index contributed by atoms with van der Waals surface area (Å²) in [5.74, 6) is -0.522. The molecule has 0 aliphatic heterocycles. The van der Waals surface area contributed by atoms with E-state index in [-0.39, 0.29) is 25.0 Å². The number of amides is 1. The number of nitrogens with zero attached hydrogens (tertiary/aromatic N) is 1. The molecule has 0 saturated carbocycles. The third-order valence-corrected chi connectivity index (χ3v) is 2.55. The van der Waals surface area contributed by atoms with E-state index in [1.165, 1.54) is 4.90 Å². The summed E-state index contributed by atoms with van der Waals surface area (Å²) in [5, 5.41) is 11.7. The number of anilines is 1. The molecule has 0 unspecified atom stereocenters. The quantitative estimate of drug-likeness (QED) is 0.782. The molecule has 6 nitrogen and oxygen atoms in total. The Morgan fingerprint density at radius 3 is 2.30 bits per heavy atom. The first-order valence-corrected chi connectivity index (χ1v) is 6.32. The van der Waals surface area contributed by atoms with Gasteiger partial charge in [-0.05, 0) is 38.1 Å². The largest absolute Gasteiger partial charge is 0.497 e. The highest BCUT2D eigenvalue weighted by molar-refractivity contribution is 5.84. The number of rotatable bonds is 7. The van der Waals surface area contributed by atoms with E-state index in [0.29, 0.717) is 11.4 Å². The van der Waals surface area contributed by atoms with E-state index in [1.807, 2.05) is 13.8 Å². The zero-order valence-corrected chi connectivity index (χ0v) is 11.9. The summed E-state index contributed by atoms with van der Waals surface area (Å²) in [4.78, 5) is 24.2. The van der Waals surface area contributed by atoms with Crippen LogP contribution in [0, 0.1) is 0 Å². The second-order valence-corrected chi connectivity index (χ2v) is 4.67. The number of nitrogens with one attached hydrogen (secondary N) is 1. The third kappa shape index (κ3) is 5.17. The second-order valence-electron chi connectivity index (χ2n) is 4.67. The van der Waals surface area contributed by atoms with E-state index < -0.39 is 5.97 Å². The monoisotopic (exact) mass is 280 g/mol. The van der Waals surface area contributed by atoms with Crippen LogP contribution in [0.5, 0.6) is 5.75 Å². The first-order valence-electron chi connectivity index (χ1n) is 6.32. The Morgan fingerprint density at radius 1 is 1.25 bits per heavy atom. The highest BCUT2D eigenvalue weighted by atomic mass is 16.5. The van der Waals surface area contributed by atoms with Gasteiger partial charge in [0.25, 0.3) is 0 Å². The van der Waals surface area contributed by atoms with Crippen molar-refractivity contribution in [1.82, 2.24) is 5.32 Å². The van der Waals surface area contributed by atoms with Crippen molar-refractivity contribution in [2.24, 2.45) is 0 Å². The zero-order chi connectivity index (χ0) is 15.1. The fraction of sp³-hybridized carbons (Fsp3) is 0.429. The molecule has 1 aromatic rings. The maximum absolute atomic E-state index is 11.8. The van der Waals surface area contributed by atoms with Crippen LogP contribution in [0.3, 0.4) is 0 Å². The Balaban J connectivity index is 2.81. The van der Waals surface area contributed by atoms with Crippen LogP contribution in [0.1, 0.15) is 13.8 Å². The van der Waals surface area contributed by atoms with Crippen LogP contribution in [-0.2, 0) is 9.59 Å². The minimum absolute atomic E-state index is 0.00317. The maximum atomic E-state index is 11.8. The number of carboxylic acid groups (broad SMARTS) is 1. The van der Waals surface area contributed by atoms with Gasteiger partial charge in [-0.2, -0.15) is 0 Å². The number of carboxylic acids is 1.